The minimum atomic E-state index is -0.639. The van der Waals surface area contributed by atoms with E-state index in [1.54, 1.807) is 7.11 Å². The van der Waals surface area contributed by atoms with E-state index in [4.69, 9.17) is 21.1 Å². The zero-order valence-electron chi connectivity index (χ0n) is 15.1. The largest absolute Gasteiger partial charge is 0.496 e. The first-order valence-corrected chi connectivity index (χ1v) is 9.16. The van der Waals surface area contributed by atoms with Crippen LogP contribution in [-0.4, -0.2) is 50.8 Å². The molecule has 7 heteroatoms. The van der Waals surface area contributed by atoms with Gasteiger partial charge in [-0.25, -0.2) is 4.39 Å². The lowest BCUT2D eigenvalue weighted by Gasteiger charge is -2.35. The Balaban J connectivity index is 1.82. The Morgan fingerprint density at radius 3 is 2.70 bits per heavy atom. The van der Waals surface area contributed by atoms with Crippen LogP contribution in [0.3, 0.4) is 0 Å². The van der Waals surface area contributed by atoms with E-state index in [0.717, 1.165) is 24.4 Å². The molecule has 0 aliphatic carbocycles. The number of methoxy groups -OCH3 is 1. The maximum absolute atomic E-state index is 14.0. The Bertz CT molecular complexity index is 776. The lowest BCUT2D eigenvalue weighted by Crippen LogP contribution is -2.44. The van der Waals surface area contributed by atoms with E-state index in [2.05, 4.69) is 10.2 Å². The van der Waals surface area contributed by atoms with Crippen molar-refractivity contribution in [3.8, 4) is 5.75 Å². The maximum Gasteiger partial charge on any atom is 0.255 e. The molecule has 1 unspecified atom stereocenters. The molecule has 1 heterocycles. The van der Waals surface area contributed by atoms with Crippen LogP contribution < -0.4 is 10.1 Å². The number of nitrogens with one attached hydrogen (secondary N) is 1. The average Bonchev–Trinajstić information content (AvgIpc) is 2.69. The number of halogens is 2. The molecule has 1 N–H and O–H groups in total. The van der Waals surface area contributed by atoms with Crippen LogP contribution in [0.2, 0.25) is 5.02 Å². The summed E-state index contributed by atoms with van der Waals surface area (Å²) in [6, 6.07) is 11.8. The summed E-state index contributed by atoms with van der Waals surface area (Å²) < 4.78 is 25.0. The van der Waals surface area contributed by atoms with Crippen LogP contribution in [0.25, 0.3) is 0 Å². The van der Waals surface area contributed by atoms with E-state index in [-0.39, 0.29) is 16.6 Å². The summed E-state index contributed by atoms with van der Waals surface area (Å²) in [5.41, 5.74) is 0.821. The first-order chi connectivity index (χ1) is 13.1. The summed E-state index contributed by atoms with van der Waals surface area (Å²) in [5, 5.41) is 2.92. The van der Waals surface area contributed by atoms with Crippen LogP contribution in [0, 0.1) is 5.82 Å². The third kappa shape index (κ3) is 4.58. The van der Waals surface area contributed by atoms with Gasteiger partial charge in [0.05, 0.1) is 37.0 Å². The summed E-state index contributed by atoms with van der Waals surface area (Å²) in [6.45, 7) is 3.01. The topological polar surface area (TPSA) is 50.8 Å². The van der Waals surface area contributed by atoms with Gasteiger partial charge in [0.15, 0.2) is 0 Å². The molecule has 1 saturated heterocycles. The van der Waals surface area contributed by atoms with Crippen LogP contribution >= 0.6 is 11.6 Å². The highest BCUT2D eigenvalue weighted by Crippen LogP contribution is 2.29. The molecule has 2 aromatic rings. The molecule has 0 saturated carbocycles. The Labute approximate surface area is 163 Å². The van der Waals surface area contributed by atoms with E-state index in [0.29, 0.717) is 19.8 Å². The average molecular weight is 393 g/mol. The second-order valence-corrected chi connectivity index (χ2v) is 6.62. The van der Waals surface area contributed by atoms with Crippen molar-refractivity contribution in [3.63, 3.8) is 0 Å². The molecule has 1 aliphatic rings. The van der Waals surface area contributed by atoms with Gasteiger partial charge in [-0.15, -0.1) is 0 Å². The minimum absolute atomic E-state index is 0.0905. The van der Waals surface area contributed by atoms with Gasteiger partial charge < -0.3 is 14.8 Å². The Hall–Kier alpha value is -2.15. The van der Waals surface area contributed by atoms with Crippen LogP contribution in [-0.2, 0) is 4.74 Å². The number of nitrogens with zero attached hydrogens (tertiary/aromatic N) is 1. The fraction of sp³-hybridized carbons (Fsp3) is 0.350. The first-order valence-electron chi connectivity index (χ1n) is 8.78. The number of morpholine rings is 1. The fourth-order valence-electron chi connectivity index (χ4n) is 3.26. The molecule has 0 bridgehead atoms. The maximum atomic E-state index is 14.0. The number of hydrogen-bond donors (Lipinski definition) is 1. The van der Waals surface area contributed by atoms with E-state index < -0.39 is 11.7 Å². The van der Waals surface area contributed by atoms with Gasteiger partial charge >= 0.3 is 0 Å². The molecule has 1 atom stereocenters. The van der Waals surface area contributed by atoms with Crippen LogP contribution in [0.1, 0.15) is 22.0 Å². The quantitative estimate of drug-likeness (QED) is 0.819. The third-order valence-electron chi connectivity index (χ3n) is 4.63. The standard InChI is InChI=1S/C20H22ClFN2O3/c1-26-18-8-3-2-5-14(18)17(24-9-11-27-12-10-24)13-23-20(25)19-15(21)6-4-7-16(19)22/h2-8,17H,9-13H2,1H3,(H,23,25). The van der Waals surface area contributed by atoms with Crippen molar-refractivity contribution >= 4 is 17.5 Å². The molecule has 27 heavy (non-hydrogen) atoms. The lowest BCUT2D eigenvalue weighted by atomic mass is 10.0. The molecule has 0 radical (unpaired) electrons. The number of benzene rings is 2. The molecule has 3 rings (SSSR count). The zero-order chi connectivity index (χ0) is 19.2. The Kier molecular flexibility index (Phi) is 6.66. The van der Waals surface area contributed by atoms with Crippen molar-refractivity contribution in [2.24, 2.45) is 0 Å². The van der Waals surface area contributed by atoms with Crippen molar-refractivity contribution in [1.82, 2.24) is 10.2 Å². The molecular weight excluding hydrogens is 371 g/mol. The Morgan fingerprint density at radius 1 is 1.26 bits per heavy atom. The fourth-order valence-corrected chi connectivity index (χ4v) is 3.51. The van der Waals surface area contributed by atoms with Gasteiger partial charge in [-0.05, 0) is 18.2 Å². The third-order valence-corrected chi connectivity index (χ3v) is 4.95. The van der Waals surface area contributed by atoms with Gasteiger partial charge in [0, 0.05) is 25.2 Å². The van der Waals surface area contributed by atoms with E-state index in [1.165, 1.54) is 18.2 Å². The van der Waals surface area contributed by atoms with Gasteiger partial charge in [-0.1, -0.05) is 35.9 Å². The van der Waals surface area contributed by atoms with E-state index >= 15 is 0 Å². The van der Waals surface area contributed by atoms with Crippen LogP contribution in [0.4, 0.5) is 4.39 Å². The number of amides is 1. The first kappa shape index (κ1) is 19.6. The molecule has 0 spiro atoms. The van der Waals surface area contributed by atoms with Crippen molar-refractivity contribution in [3.05, 3.63) is 64.4 Å². The number of hydrogen-bond acceptors (Lipinski definition) is 4. The highest BCUT2D eigenvalue weighted by atomic mass is 35.5. The van der Waals surface area contributed by atoms with Gasteiger partial charge in [0.2, 0.25) is 0 Å². The number of carbonyl (C=O) groups is 1. The Morgan fingerprint density at radius 2 is 2.00 bits per heavy atom. The highest BCUT2D eigenvalue weighted by molar-refractivity contribution is 6.33. The normalized spacial score (nSPS) is 16.0. The molecule has 0 aromatic heterocycles. The monoisotopic (exact) mass is 392 g/mol. The van der Waals surface area contributed by atoms with Gasteiger partial charge in [-0.3, -0.25) is 9.69 Å². The van der Waals surface area contributed by atoms with Gasteiger partial charge in [0.25, 0.3) is 5.91 Å². The molecule has 144 valence electrons. The van der Waals surface area contributed by atoms with E-state index in [1.807, 2.05) is 24.3 Å². The number of para-hydroxylation sites is 1. The molecule has 1 aliphatic heterocycles. The molecule has 1 amide bonds. The van der Waals surface area contributed by atoms with Crippen LogP contribution in [0.5, 0.6) is 5.75 Å². The summed E-state index contributed by atoms with van der Waals surface area (Å²) in [7, 11) is 1.62. The smallest absolute Gasteiger partial charge is 0.255 e. The number of carbonyl (C=O) groups excluding carboxylic acids is 1. The number of ether oxygens (including phenoxy) is 2. The summed E-state index contributed by atoms with van der Waals surface area (Å²) in [5.74, 6) is -0.432. The van der Waals surface area contributed by atoms with Crippen LogP contribution in [0.15, 0.2) is 42.5 Å². The summed E-state index contributed by atoms with van der Waals surface area (Å²) >= 11 is 6.01. The highest BCUT2D eigenvalue weighted by Gasteiger charge is 2.26. The van der Waals surface area contributed by atoms with Crippen molar-refractivity contribution in [2.75, 3.05) is 40.0 Å². The second-order valence-electron chi connectivity index (χ2n) is 6.21. The van der Waals surface area contributed by atoms with Gasteiger partial charge in [-0.2, -0.15) is 0 Å². The van der Waals surface area contributed by atoms with Crippen molar-refractivity contribution in [2.45, 2.75) is 6.04 Å². The predicted octanol–water partition coefficient (Wildman–Crippen LogP) is 3.29. The SMILES string of the molecule is COc1ccccc1C(CNC(=O)c1c(F)cccc1Cl)N1CCOCC1. The number of rotatable bonds is 6. The molecule has 2 aromatic carbocycles. The summed E-state index contributed by atoms with van der Waals surface area (Å²) in [4.78, 5) is 14.8. The lowest BCUT2D eigenvalue weighted by molar-refractivity contribution is 0.0157. The predicted molar refractivity (Wildman–Crippen MR) is 102 cm³/mol. The molecule has 5 nitrogen and oxygen atoms in total. The molecular formula is C20H22ClFN2O3. The van der Waals surface area contributed by atoms with Gasteiger partial charge in [0.1, 0.15) is 11.6 Å². The zero-order valence-corrected chi connectivity index (χ0v) is 15.8. The van der Waals surface area contributed by atoms with Crippen molar-refractivity contribution in [1.29, 1.82) is 0 Å². The van der Waals surface area contributed by atoms with E-state index in [9.17, 15) is 9.18 Å². The van der Waals surface area contributed by atoms with Crippen molar-refractivity contribution < 1.29 is 18.7 Å². The minimum Gasteiger partial charge on any atom is -0.496 e. The molecule has 1 fully saturated rings. The summed E-state index contributed by atoms with van der Waals surface area (Å²) in [6.07, 6.45) is 0. The second kappa shape index (κ2) is 9.17.